The minimum absolute atomic E-state index is 0.122. The number of benzene rings is 2. The zero-order chi connectivity index (χ0) is 22.8. The van der Waals surface area contributed by atoms with Crippen molar-refractivity contribution < 1.29 is 14.3 Å². The number of rotatable bonds is 9. The normalized spacial score (nSPS) is 10.5. The summed E-state index contributed by atoms with van der Waals surface area (Å²) in [6, 6.07) is 12.1. The highest BCUT2D eigenvalue weighted by atomic mass is 127. The molecule has 0 saturated carbocycles. The lowest BCUT2D eigenvalue weighted by molar-refractivity contribution is 0.0947. The molecule has 0 spiro atoms. The Kier molecular flexibility index (Phi) is 10.2. The van der Waals surface area contributed by atoms with E-state index < -0.39 is 0 Å². The van der Waals surface area contributed by atoms with Gasteiger partial charge in [0.1, 0.15) is 5.75 Å². The van der Waals surface area contributed by atoms with Crippen LogP contribution in [0.3, 0.4) is 0 Å². The lowest BCUT2D eigenvalue weighted by Crippen LogP contribution is -2.35. The van der Waals surface area contributed by atoms with E-state index in [1.54, 1.807) is 49.6 Å². The van der Waals surface area contributed by atoms with E-state index in [-0.39, 0.29) is 16.9 Å². The molecule has 2 aromatic rings. The van der Waals surface area contributed by atoms with Crippen molar-refractivity contribution in [2.45, 2.75) is 13.8 Å². The van der Waals surface area contributed by atoms with E-state index in [1.165, 1.54) is 0 Å². The van der Waals surface area contributed by atoms with E-state index in [1.807, 2.05) is 0 Å². The summed E-state index contributed by atoms with van der Waals surface area (Å²) >= 11 is 7.34. The summed E-state index contributed by atoms with van der Waals surface area (Å²) in [5.41, 5.74) is 1.72. The third-order valence-corrected chi connectivity index (χ3v) is 5.70. The van der Waals surface area contributed by atoms with Crippen LogP contribution in [0.1, 0.15) is 34.6 Å². The lowest BCUT2D eigenvalue weighted by atomic mass is 10.2. The summed E-state index contributed by atoms with van der Waals surface area (Å²) in [7, 11) is 1.58. The Balaban J connectivity index is 1.86. The molecule has 2 rings (SSSR count). The molecule has 0 fully saturated rings. The van der Waals surface area contributed by atoms with Gasteiger partial charge in [0.2, 0.25) is 0 Å². The minimum Gasteiger partial charge on any atom is -0.496 e. The number of hydrogen-bond donors (Lipinski definition) is 3. The summed E-state index contributed by atoms with van der Waals surface area (Å²) in [5, 5.41) is 8.70. The van der Waals surface area contributed by atoms with Crippen LogP contribution in [0.2, 0.25) is 0 Å². The predicted molar refractivity (Wildman–Crippen MR) is 136 cm³/mol. The molecule has 0 radical (unpaired) electrons. The van der Waals surface area contributed by atoms with Gasteiger partial charge in [-0.15, -0.1) is 0 Å². The average Bonchev–Trinajstić information content (AvgIpc) is 2.76. The van der Waals surface area contributed by atoms with Crippen molar-refractivity contribution in [2.75, 3.05) is 38.6 Å². The molecule has 0 bridgehead atoms. The van der Waals surface area contributed by atoms with Gasteiger partial charge < -0.3 is 20.3 Å². The number of amides is 2. The fourth-order valence-electron chi connectivity index (χ4n) is 2.82. The second-order valence-corrected chi connectivity index (χ2v) is 8.19. The number of halogens is 1. The van der Waals surface area contributed by atoms with Gasteiger partial charge in [-0.25, -0.2) is 0 Å². The van der Waals surface area contributed by atoms with Crippen LogP contribution in [0.15, 0.2) is 42.5 Å². The molecule has 2 aromatic carbocycles. The number of thiocarbonyl (C=S) groups is 1. The van der Waals surface area contributed by atoms with Crippen LogP contribution in [0.4, 0.5) is 5.69 Å². The van der Waals surface area contributed by atoms with Crippen LogP contribution in [-0.4, -0.2) is 55.1 Å². The lowest BCUT2D eigenvalue weighted by Gasteiger charge is -2.18. The van der Waals surface area contributed by atoms with Gasteiger partial charge in [-0.3, -0.25) is 14.9 Å². The maximum absolute atomic E-state index is 12.4. The number of nitrogens with zero attached hydrogens (tertiary/aromatic N) is 1. The zero-order valence-electron chi connectivity index (χ0n) is 17.8. The Hall–Kier alpha value is -2.24. The number of nitrogens with one attached hydrogen (secondary N) is 3. The molecule has 0 aliphatic rings. The fraction of sp³-hybridized carbons (Fsp3) is 0.318. The Labute approximate surface area is 202 Å². The molecular weight excluding hydrogens is 527 g/mol. The van der Waals surface area contributed by atoms with Crippen molar-refractivity contribution in [2.24, 2.45) is 0 Å². The molecule has 7 nitrogen and oxygen atoms in total. The van der Waals surface area contributed by atoms with Crippen LogP contribution >= 0.6 is 34.8 Å². The quantitative estimate of drug-likeness (QED) is 0.325. The van der Waals surface area contributed by atoms with Gasteiger partial charge in [0.05, 0.1) is 10.7 Å². The standard InChI is InChI=1S/C22H27IN4O3S/c1-4-27(5-2)13-12-24-20(28)15-6-9-17(10-7-15)25-22(31)26-21(29)16-8-11-19(30-3)18(23)14-16/h6-11,14H,4-5,12-13H2,1-3H3,(H,24,28)(H2,25,26,29,31). The Bertz CT molecular complexity index is 917. The highest BCUT2D eigenvalue weighted by Gasteiger charge is 2.11. The maximum atomic E-state index is 12.4. The number of carbonyl (C=O) groups is 2. The number of likely N-dealkylation sites (N-methyl/N-ethyl adjacent to an activating group) is 1. The first-order valence-corrected chi connectivity index (χ1v) is 11.4. The van der Waals surface area contributed by atoms with Gasteiger partial charge in [-0.05, 0) is 90.4 Å². The Morgan fingerprint density at radius 2 is 1.68 bits per heavy atom. The fourth-order valence-corrected chi connectivity index (χ4v) is 3.77. The van der Waals surface area contributed by atoms with Crippen molar-refractivity contribution in [1.29, 1.82) is 0 Å². The van der Waals surface area contributed by atoms with E-state index in [2.05, 4.69) is 57.3 Å². The molecule has 0 aliphatic carbocycles. The van der Waals surface area contributed by atoms with E-state index in [4.69, 9.17) is 17.0 Å². The van der Waals surface area contributed by atoms with E-state index in [0.29, 0.717) is 29.1 Å². The zero-order valence-corrected chi connectivity index (χ0v) is 20.8. The first kappa shape index (κ1) is 25.0. The SMILES string of the molecule is CCN(CC)CCNC(=O)c1ccc(NC(=S)NC(=O)c2ccc(OC)c(I)c2)cc1. The van der Waals surface area contributed by atoms with Crippen molar-refractivity contribution in [3.8, 4) is 5.75 Å². The number of anilines is 1. The molecule has 31 heavy (non-hydrogen) atoms. The molecule has 9 heteroatoms. The monoisotopic (exact) mass is 554 g/mol. The van der Waals surface area contributed by atoms with Gasteiger partial charge >= 0.3 is 0 Å². The van der Waals surface area contributed by atoms with Gasteiger partial charge in [0.15, 0.2) is 5.11 Å². The van der Waals surface area contributed by atoms with E-state index in [9.17, 15) is 9.59 Å². The van der Waals surface area contributed by atoms with Gasteiger partial charge in [0, 0.05) is 29.9 Å². The van der Waals surface area contributed by atoms with Crippen LogP contribution in [0.5, 0.6) is 5.75 Å². The molecule has 3 N–H and O–H groups in total. The van der Waals surface area contributed by atoms with Gasteiger partial charge in [0.25, 0.3) is 11.8 Å². The third-order valence-electron chi connectivity index (χ3n) is 4.65. The number of hydrogen-bond acceptors (Lipinski definition) is 5. The highest BCUT2D eigenvalue weighted by Crippen LogP contribution is 2.21. The number of ether oxygens (including phenoxy) is 1. The number of methoxy groups -OCH3 is 1. The van der Waals surface area contributed by atoms with Gasteiger partial charge in [-0.2, -0.15) is 0 Å². The van der Waals surface area contributed by atoms with Gasteiger partial charge in [-0.1, -0.05) is 13.8 Å². The number of carbonyl (C=O) groups excluding carboxylic acids is 2. The molecule has 0 aliphatic heterocycles. The molecule has 0 aromatic heterocycles. The molecule has 166 valence electrons. The topological polar surface area (TPSA) is 82.7 Å². The van der Waals surface area contributed by atoms with Crippen LogP contribution in [0.25, 0.3) is 0 Å². The second kappa shape index (κ2) is 12.6. The summed E-state index contributed by atoms with van der Waals surface area (Å²) < 4.78 is 6.03. The molecule has 2 amide bonds. The smallest absolute Gasteiger partial charge is 0.257 e. The molecule has 0 saturated heterocycles. The van der Waals surface area contributed by atoms with Crippen molar-refractivity contribution in [3.05, 3.63) is 57.2 Å². The van der Waals surface area contributed by atoms with Crippen LogP contribution in [-0.2, 0) is 0 Å². The molecule has 0 unspecified atom stereocenters. The Morgan fingerprint density at radius 3 is 2.26 bits per heavy atom. The minimum atomic E-state index is -0.317. The third kappa shape index (κ3) is 7.75. The summed E-state index contributed by atoms with van der Waals surface area (Å²) in [6.07, 6.45) is 0. The summed E-state index contributed by atoms with van der Waals surface area (Å²) in [4.78, 5) is 26.9. The van der Waals surface area contributed by atoms with Crippen LogP contribution in [0, 0.1) is 3.57 Å². The summed E-state index contributed by atoms with van der Waals surface area (Å²) in [6.45, 7) is 7.53. The first-order chi connectivity index (χ1) is 14.9. The van der Waals surface area contributed by atoms with E-state index >= 15 is 0 Å². The second-order valence-electron chi connectivity index (χ2n) is 6.62. The van der Waals surface area contributed by atoms with Crippen molar-refractivity contribution in [1.82, 2.24) is 15.5 Å². The Morgan fingerprint density at radius 1 is 1.03 bits per heavy atom. The maximum Gasteiger partial charge on any atom is 0.257 e. The van der Waals surface area contributed by atoms with Crippen LogP contribution < -0.4 is 20.7 Å². The largest absolute Gasteiger partial charge is 0.496 e. The molecule has 0 heterocycles. The highest BCUT2D eigenvalue weighted by molar-refractivity contribution is 14.1. The molecular formula is C22H27IN4O3S. The molecule has 0 atom stereocenters. The van der Waals surface area contributed by atoms with Crippen molar-refractivity contribution >= 4 is 57.4 Å². The first-order valence-electron chi connectivity index (χ1n) is 9.94. The predicted octanol–water partition coefficient (Wildman–Crippen LogP) is 3.50. The summed E-state index contributed by atoms with van der Waals surface area (Å²) in [5.74, 6) is 0.265. The van der Waals surface area contributed by atoms with E-state index in [0.717, 1.165) is 23.2 Å². The average molecular weight is 554 g/mol. The van der Waals surface area contributed by atoms with Crippen molar-refractivity contribution in [3.63, 3.8) is 0 Å².